The Morgan fingerprint density at radius 2 is 2.00 bits per heavy atom. The number of carbonyl (C=O) groups excluding carboxylic acids is 1. The van der Waals surface area contributed by atoms with Gasteiger partial charge in [0.05, 0.1) is 5.56 Å². The maximum absolute atomic E-state index is 12.9. The molecule has 1 aromatic rings. The predicted octanol–water partition coefficient (Wildman–Crippen LogP) is 1.03. The summed E-state index contributed by atoms with van der Waals surface area (Å²) in [6.07, 6.45) is 0. The van der Waals surface area contributed by atoms with Crippen LogP contribution >= 0.6 is 0 Å². The van der Waals surface area contributed by atoms with E-state index in [1.54, 1.807) is 0 Å². The van der Waals surface area contributed by atoms with Crippen LogP contribution in [-0.2, 0) is 0 Å². The van der Waals surface area contributed by atoms with Crippen LogP contribution in [0.2, 0.25) is 0 Å². The number of carbonyl (C=O) groups is 1. The van der Waals surface area contributed by atoms with Gasteiger partial charge in [0.25, 0.3) is 5.91 Å². The van der Waals surface area contributed by atoms with Gasteiger partial charge < -0.3 is 10.4 Å². The summed E-state index contributed by atoms with van der Waals surface area (Å²) in [5.41, 5.74) is -0.388. The van der Waals surface area contributed by atoms with Crippen LogP contribution in [0, 0.1) is 11.6 Å². The highest BCUT2D eigenvalue weighted by Crippen LogP contribution is 2.19. The molecule has 70 valence electrons. The zero-order chi connectivity index (χ0) is 10.0. The molecule has 0 atom stereocenters. The Morgan fingerprint density at radius 1 is 1.38 bits per heavy atom. The summed E-state index contributed by atoms with van der Waals surface area (Å²) in [6, 6.07) is 1.20. The van der Waals surface area contributed by atoms with Crippen molar-refractivity contribution in [3.63, 3.8) is 0 Å². The minimum absolute atomic E-state index is 0.388. The van der Waals surface area contributed by atoms with Crippen molar-refractivity contribution in [2.75, 3.05) is 7.05 Å². The van der Waals surface area contributed by atoms with E-state index in [1.807, 2.05) is 0 Å². The predicted molar refractivity (Wildman–Crippen MR) is 41.4 cm³/mol. The van der Waals surface area contributed by atoms with Crippen molar-refractivity contribution in [3.8, 4) is 5.75 Å². The Balaban J connectivity index is 3.23. The summed E-state index contributed by atoms with van der Waals surface area (Å²) in [5, 5.41) is 11.0. The molecule has 5 heteroatoms. The number of phenols is 1. The normalized spacial score (nSPS) is 9.77. The Labute approximate surface area is 73.0 Å². The second kappa shape index (κ2) is 3.38. The molecule has 13 heavy (non-hydrogen) atoms. The summed E-state index contributed by atoms with van der Waals surface area (Å²) in [6.45, 7) is 0. The summed E-state index contributed by atoms with van der Waals surface area (Å²) < 4.78 is 25.4. The number of rotatable bonds is 1. The lowest BCUT2D eigenvalue weighted by molar-refractivity contribution is 0.0958. The molecule has 0 saturated carbocycles. The van der Waals surface area contributed by atoms with Crippen molar-refractivity contribution >= 4 is 5.91 Å². The lowest BCUT2D eigenvalue weighted by Crippen LogP contribution is -2.19. The molecule has 0 aromatic heterocycles. The minimum atomic E-state index is -1.09. The highest BCUT2D eigenvalue weighted by molar-refractivity contribution is 5.94. The van der Waals surface area contributed by atoms with Crippen LogP contribution in [0.5, 0.6) is 5.75 Å². The van der Waals surface area contributed by atoms with Crippen molar-refractivity contribution in [1.82, 2.24) is 5.32 Å². The minimum Gasteiger partial charge on any atom is -0.505 e. The van der Waals surface area contributed by atoms with Crippen LogP contribution in [0.25, 0.3) is 0 Å². The topological polar surface area (TPSA) is 49.3 Å². The second-order valence-electron chi connectivity index (χ2n) is 2.36. The number of amides is 1. The van der Waals surface area contributed by atoms with E-state index in [4.69, 9.17) is 5.11 Å². The van der Waals surface area contributed by atoms with Gasteiger partial charge in [0.1, 0.15) is 5.82 Å². The lowest BCUT2D eigenvalue weighted by atomic mass is 10.2. The Bertz CT molecular complexity index is 352. The van der Waals surface area contributed by atoms with Gasteiger partial charge in [-0.3, -0.25) is 4.79 Å². The van der Waals surface area contributed by atoms with E-state index in [0.717, 1.165) is 6.07 Å². The van der Waals surface area contributed by atoms with E-state index >= 15 is 0 Å². The lowest BCUT2D eigenvalue weighted by Gasteiger charge is -2.02. The van der Waals surface area contributed by atoms with Gasteiger partial charge in [0, 0.05) is 13.1 Å². The third kappa shape index (κ3) is 1.74. The van der Waals surface area contributed by atoms with Crippen molar-refractivity contribution in [2.45, 2.75) is 0 Å². The molecular weight excluding hydrogens is 180 g/mol. The van der Waals surface area contributed by atoms with Crippen molar-refractivity contribution in [1.29, 1.82) is 0 Å². The monoisotopic (exact) mass is 187 g/mol. The molecule has 0 aliphatic rings. The molecule has 0 fully saturated rings. The van der Waals surface area contributed by atoms with Gasteiger partial charge in [-0.2, -0.15) is 0 Å². The van der Waals surface area contributed by atoms with E-state index < -0.39 is 23.3 Å². The maximum Gasteiger partial charge on any atom is 0.254 e. The smallest absolute Gasteiger partial charge is 0.254 e. The molecule has 0 heterocycles. The molecule has 0 bridgehead atoms. The summed E-state index contributed by atoms with van der Waals surface area (Å²) >= 11 is 0. The number of aromatic hydroxyl groups is 1. The van der Waals surface area contributed by atoms with Gasteiger partial charge in [-0.1, -0.05) is 0 Å². The van der Waals surface area contributed by atoms with E-state index in [9.17, 15) is 13.6 Å². The summed E-state index contributed by atoms with van der Waals surface area (Å²) in [5.74, 6) is -3.56. The number of phenolic OH excluding ortho intramolecular Hbond substituents is 1. The molecule has 3 nitrogen and oxygen atoms in total. The van der Waals surface area contributed by atoms with Gasteiger partial charge in [0.2, 0.25) is 0 Å². The quantitative estimate of drug-likeness (QED) is 0.689. The average molecular weight is 187 g/mol. The molecule has 1 amide bonds. The fraction of sp³-hybridized carbons (Fsp3) is 0.125. The van der Waals surface area contributed by atoms with Crippen LogP contribution in [0.15, 0.2) is 12.1 Å². The maximum atomic E-state index is 12.9. The van der Waals surface area contributed by atoms with E-state index in [-0.39, 0.29) is 5.56 Å². The SMILES string of the molecule is CNC(=O)c1cc(O)c(F)cc1F. The number of nitrogens with one attached hydrogen (secondary N) is 1. The van der Waals surface area contributed by atoms with Crippen LogP contribution in [0.4, 0.5) is 8.78 Å². The van der Waals surface area contributed by atoms with Crippen LogP contribution in [0.3, 0.4) is 0 Å². The summed E-state index contributed by atoms with van der Waals surface area (Å²) in [4.78, 5) is 10.9. The number of hydrogen-bond donors (Lipinski definition) is 2. The number of hydrogen-bond acceptors (Lipinski definition) is 2. The first kappa shape index (κ1) is 9.44. The molecular formula is C8H7F2NO2. The third-order valence-corrected chi connectivity index (χ3v) is 1.51. The first-order valence-corrected chi connectivity index (χ1v) is 3.46. The van der Waals surface area contributed by atoms with Crippen molar-refractivity contribution < 1.29 is 18.7 Å². The van der Waals surface area contributed by atoms with E-state index in [2.05, 4.69) is 5.32 Å². The zero-order valence-corrected chi connectivity index (χ0v) is 6.77. The van der Waals surface area contributed by atoms with Crippen LogP contribution in [-0.4, -0.2) is 18.1 Å². The number of halogens is 2. The molecule has 0 spiro atoms. The number of benzene rings is 1. The molecule has 0 saturated heterocycles. The molecule has 0 aliphatic heterocycles. The Hall–Kier alpha value is -1.65. The Morgan fingerprint density at radius 3 is 2.54 bits per heavy atom. The van der Waals surface area contributed by atoms with Gasteiger partial charge in [-0.05, 0) is 6.07 Å². The molecule has 0 aliphatic carbocycles. The summed E-state index contributed by atoms with van der Waals surface area (Å²) in [7, 11) is 1.31. The van der Waals surface area contributed by atoms with Gasteiger partial charge >= 0.3 is 0 Å². The van der Waals surface area contributed by atoms with Crippen molar-refractivity contribution in [2.24, 2.45) is 0 Å². The van der Waals surface area contributed by atoms with Crippen molar-refractivity contribution in [3.05, 3.63) is 29.3 Å². The van der Waals surface area contributed by atoms with Gasteiger partial charge in [-0.15, -0.1) is 0 Å². The molecule has 0 radical (unpaired) electrons. The largest absolute Gasteiger partial charge is 0.505 e. The fourth-order valence-electron chi connectivity index (χ4n) is 0.846. The van der Waals surface area contributed by atoms with Gasteiger partial charge in [-0.25, -0.2) is 8.78 Å². The van der Waals surface area contributed by atoms with Crippen LogP contribution < -0.4 is 5.32 Å². The standard InChI is InChI=1S/C8H7F2NO2/c1-11-8(13)4-2-7(12)6(10)3-5(4)9/h2-3,12H,1H3,(H,11,13). The third-order valence-electron chi connectivity index (χ3n) is 1.51. The highest BCUT2D eigenvalue weighted by atomic mass is 19.1. The fourth-order valence-corrected chi connectivity index (χ4v) is 0.846. The molecule has 1 aromatic carbocycles. The van der Waals surface area contributed by atoms with Gasteiger partial charge in [0.15, 0.2) is 11.6 Å². The molecule has 0 unspecified atom stereocenters. The molecule has 2 N–H and O–H groups in total. The Kier molecular flexibility index (Phi) is 2.46. The first-order valence-electron chi connectivity index (χ1n) is 3.46. The molecule has 1 rings (SSSR count). The van der Waals surface area contributed by atoms with Crippen LogP contribution in [0.1, 0.15) is 10.4 Å². The second-order valence-corrected chi connectivity index (χ2v) is 2.36. The van der Waals surface area contributed by atoms with E-state index in [0.29, 0.717) is 6.07 Å². The zero-order valence-electron chi connectivity index (χ0n) is 6.77. The highest BCUT2D eigenvalue weighted by Gasteiger charge is 2.13. The average Bonchev–Trinajstić information content (AvgIpc) is 2.10. The first-order chi connectivity index (χ1) is 6.06. The van der Waals surface area contributed by atoms with E-state index in [1.165, 1.54) is 7.05 Å².